The van der Waals surface area contributed by atoms with E-state index in [0.717, 1.165) is 11.3 Å². The highest BCUT2D eigenvalue weighted by Gasteiger charge is 1.96. The van der Waals surface area contributed by atoms with Crippen molar-refractivity contribution in [2.45, 2.75) is 18.2 Å². The first-order chi connectivity index (χ1) is 6.18. The van der Waals surface area contributed by atoms with Crippen molar-refractivity contribution in [2.75, 3.05) is 6.61 Å². The maximum atomic E-state index is 10.5. The van der Waals surface area contributed by atoms with Gasteiger partial charge in [0.1, 0.15) is 4.90 Å². The Bertz CT molecular complexity index is 279. The van der Waals surface area contributed by atoms with Gasteiger partial charge in [-0.1, -0.05) is 12.1 Å². The molecule has 0 spiro atoms. The van der Waals surface area contributed by atoms with Gasteiger partial charge in [0.2, 0.25) is 0 Å². The van der Waals surface area contributed by atoms with Crippen molar-refractivity contribution >= 4 is 18.6 Å². The van der Waals surface area contributed by atoms with Crippen LogP contribution < -0.4 is 0 Å². The number of ether oxygens (including phenoxy) is 1. The predicted molar refractivity (Wildman–Crippen MR) is 55.2 cm³/mol. The Hall–Kier alpha value is -0.960. The predicted octanol–water partition coefficient (Wildman–Crippen LogP) is 1.16. The molecule has 0 aliphatic carbocycles. The number of benzene rings is 1. The Morgan fingerprint density at radius 1 is 1.38 bits per heavy atom. The van der Waals surface area contributed by atoms with Crippen LogP contribution in [0.4, 0.5) is 0 Å². The maximum absolute atomic E-state index is 10.5. The average molecular weight is 197 g/mol. The minimum atomic E-state index is -0.225. The van der Waals surface area contributed by atoms with Gasteiger partial charge in [0, 0.05) is 13.3 Å². The van der Waals surface area contributed by atoms with E-state index in [9.17, 15) is 4.79 Å². The molecule has 0 saturated heterocycles. The zero-order valence-electron chi connectivity index (χ0n) is 7.54. The largest absolute Gasteiger partial charge is 0.466 e. The summed E-state index contributed by atoms with van der Waals surface area (Å²) in [6.45, 7) is 1.87. The Labute approximate surface area is 83.3 Å². The highest BCUT2D eigenvalue weighted by Crippen LogP contribution is 2.04. The molecule has 0 N–H and O–H groups in total. The van der Waals surface area contributed by atoms with E-state index in [4.69, 9.17) is 4.74 Å². The fourth-order valence-corrected chi connectivity index (χ4v) is 1.15. The molecule has 1 rings (SSSR count). The van der Waals surface area contributed by atoms with Crippen LogP contribution in [0.1, 0.15) is 12.5 Å². The maximum Gasteiger partial charge on any atom is 0.302 e. The second-order valence-electron chi connectivity index (χ2n) is 2.79. The van der Waals surface area contributed by atoms with Crippen LogP contribution in [0.15, 0.2) is 29.2 Å². The van der Waals surface area contributed by atoms with Gasteiger partial charge in [0.25, 0.3) is 0 Å². The zero-order valence-corrected chi connectivity index (χ0v) is 8.54. The third-order valence-electron chi connectivity index (χ3n) is 1.65. The fourth-order valence-electron chi connectivity index (χ4n) is 0.984. The van der Waals surface area contributed by atoms with E-state index >= 15 is 0 Å². The van der Waals surface area contributed by atoms with Crippen LogP contribution in [0.2, 0.25) is 0 Å². The van der Waals surface area contributed by atoms with E-state index < -0.39 is 0 Å². The van der Waals surface area contributed by atoms with Gasteiger partial charge >= 0.3 is 5.97 Å². The van der Waals surface area contributed by atoms with Crippen LogP contribution in [0, 0.1) is 0 Å². The lowest BCUT2D eigenvalue weighted by molar-refractivity contribution is -0.140. The molecule has 0 amide bonds. The van der Waals surface area contributed by atoms with Crippen LogP contribution in [0.5, 0.6) is 0 Å². The molecule has 0 unspecified atom stereocenters. The number of esters is 1. The minimum Gasteiger partial charge on any atom is -0.466 e. The van der Waals surface area contributed by atoms with Gasteiger partial charge in [-0.2, -0.15) is 0 Å². The lowest BCUT2D eigenvalue weighted by Gasteiger charge is -2.01. The van der Waals surface area contributed by atoms with E-state index in [2.05, 4.69) is 12.6 Å². The van der Waals surface area contributed by atoms with Crippen LogP contribution in [0.25, 0.3) is 0 Å². The third-order valence-corrected chi connectivity index (χ3v) is 1.98. The Balaban J connectivity index is 2.37. The number of hydrogen-bond acceptors (Lipinski definition) is 2. The van der Waals surface area contributed by atoms with Gasteiger partial charge < -0.3 is 4.74 Å². The Morgan fingerprint density at radius 2 is 2.00 bits per heavy atom. The molecule has 0 aliphatic heterocycles. The molecule has 13 heavy (non-hydrogen) atoms. The number of hydrogen-bond donors (Lipinski definition) is 0. The quantitative estimate of drug-likeness (QED) is 0.537. The lowest BCUT2D eigenvalue weighted by Crippen LogP contribution is -2.02. The molecule has 0 fully saturated rings. The Kier molecular flexibility index (Phi) is 3.83. The minimum absolute atomic E-state index is 0.225. The van der Waals surface area contributed by atoms with E-state index in [1.807, 2.05) is 24.3 Å². The molecule has 0 heterocycles. The molecule has 0 radical (unpaired) electrons. The van der Waals surface area contributed by atoms with Gasteiger partial charge in [0.05, 0.1) is 6.61 Å². The van der Waals surface area contributed by atoms with Crippen molar-refractivity contribution in [2.24, 2.45) is 0 Å². The van der Waals surface area contributed by atoms with Crippen molar-refractivity contribution in [3.63, 3.8) is 0 Å². The fraction of sp³-hybridized carbons (Fsp3) is 0.300. The van der Waals surface area contributed by atoms with Crippen molar-refractivity contribution in [1.29, 1.82) is 0 Å². The summed E-state index contributed by atoms with van der Waals surface area (Å²) in [4.78, 5) is 11.5. The van der Waals surface area contributed by atoms with Crippen LogP contribution in [0.3, 0.4) is 0 Å². The first-order valence-corrected chi connectivity index (χ1v) is 4.62. The first kappa shape index (κ1) is 10.1. The molecule has 1 aromatic rings. The number of carbonyl (C=O) groups is 1. The van der Waals surface area contributed by atoms with Crippen LogP contribution in [-0.4, -0.2) is 12.6 Å². The summed E-state index contributed by atoms with van der Waals surface area (Å²) >= 11 is 3.40. The number of rotatable bonds is 3. The molecule has 1 aromatic carbocycles. The smallest absolute Gasteiger partial charge is 0.302 e. The summed E-state index contributed by atoms with van der Waals surface area (Å²) < 4.78 is 4.82. The second kappa shape index (κ2) is 4.92. The average Bonchev–Trinajstić information content (AvgIpc) is 2.08. The molecule has 70 valence electrons. The van der Waals surface area contributed by atoms with Gasteiger partial charge in [0.15, 0.2) is 0 Å². The third kappa shape index (κ3) is 3.99. The topological polar surface area (TPSA) is 26.3 Å². The van der Waals surface area contributed by atoms with Gasteiger partial charge in [-0.15, -0.1) is 0 Å². The van der Waals surface area contributed by atoms with Crippen molar-refractivity contribution < 1.29 is 9.53 Å². The summed E-state index contributed by atoms with van der Waals surface area (Å²) in [5.74, 6) is -0.225. The molecule has 0 aliphatic rings. The summed E-state index contributed by atoms with van der Waals surface area (Å²) in [5, 5.41) is 0. The Morgan fingerprint density at radius 3 is 2.54 bits per heavy atom. The monoisotopic (exact) mass is 197 g/mol. The van der Waals surface area contributed by atoms with E-state index in [-0.39, 0.29) is 5.97 Å². The number of carbonyl (C=O) groups excluding carboxylic acids is 1. The first-order valence-electron chi connectivity index (χ1n) is 4.12. The zero-order chi connectivity index (χ0) is 9.68. The molecule has 0 aromatic heterocycles. The summed E-state index contributed by atoms with van der Waals surface area (Å²) in [6.07, 6.45) is 0.770. The molecule has 3 heteroatoms. The van der Waals surface area contributed by atoms with Gasteiger partial charge in [-0.25, -0.2) is 0 Å². The van der Waals surface area contributed by atoms with E-state index in [1.54, 1.807) is 0 Å². The van der Waals surface area contributed by atoms with E-state index in [0.29, 0.717) is 6.61 Å². The molecule has 0 bridgehead atoms. The molecule has 2 nitrogen and oxygen atoms in total. The standard InChI is InChI=1S/C10H12O2S/c1-8(11)12-7-6-9-2-4-10(13)5-3-9/h2-5,13H,6-7H2,1H3/p+1. The lowest BCUT2D eigenvalue weighted by atomic mass is 10.2. The van der Waals surface area contributed by atoms with Crippen molar-refractivity contribution in [3.05, 3.63) is 29.8 Å². The second-order valence-corrected chi connectivity index (χ2v) is 3.36. The summed E-state index contributed by atoms with van der Waals surface area (Å²) in [5.41, 5.74) is 1.17. The van der Waals surface area contributed by atoms with Gasteiger partial charge in [-0.05, 0) is 30.3 Å². The highest BCUT2D eigenvalue weighted by atomic mass is 32.1. The molecule has 0 saturated carbocycles. The van der Waals surface area contributed by atoms with E-state index in [1.165, 1.54) is 12.5 Å². The normalized spacial score (nSPS) is 9.69. The van der Waals surface area contributed by atoms with Gasteiger partial charge in [-0.3, -0.25) is 4.79 Å². The highest BCUT2D eigenvalue weighted by molar-refractivity contribution is 7.58. The SMILES string of the molecule is CC(=O)OCCc1ccc([SH2+])cc1. The summed E-state index contributed by atoms with van der Waals surface area (Å²) in [6, 6.07) is 7.96. The van der Waals surface area contributed by atoms with Crippen LogP contribution >= 0.6 is 0 Å². The molecule has 0 atom stereocenters. The summed E-state index contributed by atoms with van der Waals surface area (Å²) in [7, 11) is 0. The van der Waals surface area contributed by atoms with Crippen molar-refractivity contribution in [1.82, 2.24) is 0 Å². The van der Waals surface area contributed by atoms with Crippen LogP contribution in [-0.2, 0) is 28.6 Å². The van der Waals surface area contributed by atoms with Crippen molar-refractivity contribution in [3.8, 4) is 0 Å². The molecular formula is C10H13O2S+. The molecular weight excluding hydrogens is 184 g/mol.